The Bertz CT molecular complexity index is 1420. The Morgan fingerprint density at radius 3 is 2.62 bits per heavy atom. The quantitative estimate of drug-likeness (QED) is 0.347. The zero-order valence-electron chi connectivity index (χ0n) is 21.5. The molecule has 0 unspecified atom stereocenters. The molecule has 5 rings (SSSR count). The molecule has 2 heterocycles. The summed E-state index contributed by atoms with van der Waals surface area (Å²) < 4.78 is 60.7. The van der Waals surface area contributed by atoms with E-state index in [-0.39, 0.29) is 53.1 Å². The van der Waals surface area contributed by atoms with Gasteiger partial charge in [-0.25, -0.2) is 4.39 Å². The number of aryl methyl sites for hydroxylation is 1. The standard InChI is InChI=1S/C29H28F4N4O2/c1-16-10-20(7-8-24(16)30)25(19-5-6-19)36-27(38)22-12-18(15-37-14-17(2)39-28(37)34)11-21(13-22)23-4-3-9-35-26(23)29(31,32)33/h3-4,7-13,17,19,25,34H,5-6,14-15H2,1-2H3,(H,36,38)/t17-,25-/m0/s1. The van der Waals surface area contributed by atoms with E-state index in [2.05, 4.69) is 10.3 Å². The molecule has 1 aliphatic carbocycles. The van der Waals surface area contributed by atoms with E-state index < -0.39 is 17.8 Å². The summed E-state index contributed by atoms with van der Waals surface area (Å²) in [4.78, 5) is 18.8. The van der Waals surface area contributed by atoms with Gasteiger partial charge in [0.15, 0.2) is 5.69 Å². The summed E-state index contributed by atoms with van der Waals surface area (Å²) in [5.41, 5.74) is 0.994. The second-order valence-corrected chi connectivity index (χ2v) is 10.2. The van der Waals surface area contributed by atoms with Gasteiger partial charge < -0.3 is 15.0 Å². The number of benzene rings is 2. The summed E-state index contributed by atoms with van der Waals surface area (Å²) in [6, 6.07) is 11.7. The topological polar surface area (TPSA) is 78.3 Å². The Morgan fingerprint density at radius 2 is 1.97 bits per heavy atom. The lowest BCUT2D eigenvalue weighted by Gasteiger charge is -2.21. The van der Waals surface area contributed by atoms with Crippen molar-refractivity contribution in [2.24, 2.45) is 5.92 Å². The highest BCUT2D eigenvalue weighted by atomic mass is 19.4. The molecule has 1 amide bonds. The summed E-state index contributed by atoms with van der Waals surface area (Å²) >= 11 is 0. The van der Waals surface area contributed by atoms with Crippen LogP contribution in [0.4, 0.5) is 17.6 Å². The highest BCUT2D eigenvalue weighted by Gasteiger charge is 2.36. The average molecular weight is 541 g/mol. The van der Waals surface area contributed by atoms with Crippen molar-refractivity contribution >= 4 is 11.9 Å². The minimum absolute atomic E-state index is 0.0308. The third-order valence-electron chi connectivity index (χ3n) is 7.01. The minimum Gasteiger partial charge on any atom is -0.460 e. The normalized spacial score (nSPS) is 18.2. The third kappa shape index (κ3) is 5.89. The number of alkyl halides is 3. The molecule has 0 bridgehead atoms. The predicted molar refractivity (Wildman–Crippen MR) is 137 cm³/mol. The van der Waals surface area contributed by atoms with Gasteiger partial charge >= 0.3 is 6.18 Å². The van der Waals surface area contributed by atoms with Crippen LogP contribution in [0.5, 0.6) is 0 Å². The van der Waals surface area contributed by atoms with Gasteiger partial charge in [-0.15, -0.1) is 0 Å². The molecule has 2 N–H and O–H groups in total. The number of ether oxygens (including phenoxy) is 1. The van der Waals surface area contributed by atoms with Crippen LogP contribution in [0.3, 0.4) is 0 Å². The molecule has 1 aromatic heterocycles. The summed E-state index contributed by atoms with van der Waals surface area (Å²) in [7, 11) is 0. The van der Waals surface area contributed by atoms with Gasteiger partial charge in [-0.2, -0.15) is 13.2 Å². The maximum absolute atomic E-state index is 13.9. The van der Waals surface area contributed by atoms with Gasteiger partial charge in [-0.3, -0.25) is 15.2 Å². The van der Waals surface area contributed by atoms with Crippen LogP contribution in [0.1, 0.15) is 58.5 Å². The second-order valence-electron chi connectivity index (χ2n) is 10.2. The molecule has 1 saturated carbocycles. The molecule has 1 aliphatic heterocycles. The first kappa shape index (κ1) is 26.6. The van der Waals surface area contributed by atoms with Gasteiger partial charge in [-0.05, 0) is 85.2 Å². The first-order valence-corrected chi connectivity index (χ1v) is 12.7. The first-order chi connectivity index (χ1) is 18.5. The van der Waals surface area contributed by atoms with E-state index in [4.69, 9.17) is 10.1 Å². The fourth-order valence-electron chi connectivity index (χ4n) is 4.98. The lowest BCUT2D eigenvalue weighted by Crippen LogP contribution is -2.30. The molecule has 2 aromatic carbocycles. The number of nitrogens with zero attached hydrogens (tertiary/aromatic N) is 2. The van der Waals surface area contributed by atoms with Crippen molar-refractivity contribution in [1.82, 2.24) is 15.2 Å². The van der Waals surface area contributed by atoms with E-state index in [1.165, 1.54) is 24.3 Å². The van der Waals surface area contributed by atoms with E-state index in [1.807, 2.05) is 6.92 Å². The first-order valence-electron chi connectivity index (χ1n) is 12.7. The van der Waals surface area contributed by atoms with Crippen LogP contribution >= 0.6 is 0 Å². The molecule has 39 heavy (non-hydrogen) atoms. The number of hydrogen-bond acceptors (Lipinski definition) is 4. The maximum Gasteiger partial charge on any atom is 0.433 e. The van der Waals surface area contributed by atoms with Gasteiger partial charge in [0.05, 0.1) is 12.6 Å². The number of amides is 1. The second kappa shape index (κ2) is 10.3. The van der Waals surface area contributed by atoms with E-state index in [0.717, 1.165) is 24.6 Å². The van der Waals surface area contributed by atoms with Crippen molar-refractivity contribution in [3.05, 3.63) is 88.5 Å². The summed E-state index contributed by atoms with van der Waals surface area (Å²) in [6.07, 6.45) is -1.98. The van der Waals surface area contributed by atoms with Crippen molar-refractivity contribution < 1.29 is 27.1 Å². The zero-order valence-corrected chi connectivity index (χ0v) is 21.5. The number of carbonyl (C=O) groups is 1. The van der Waals surface area contributed by atoms with Crippen LogP contribution < -0.4 is 5.32 Å². The number of pyridine rings is 1. The molecule has 3 aromatic rings. The van der Waals surface area contributed by atoms with Crippen LogP contribution in [-0.4, -0.2) is 34.5 Å². The molecule has 0 radical (unpaired) electrons. The van der Waals surface area contributed by atoms with E-state index in [9.17, 15) is 22.4 Å². The van der Waals surface area contributed by atoms with Gasteiger partial charge in [0.25, 0.3) is 11.9 Å². The molecule has 1 saturated heterocycles. The Labute approximate surface area is 223 Å². The molecule has 204 valence electrons. The van der Waals surface area contributed by atoms with Crippen LogP contribution in [0.15, 0.2) is 54.7 Å². The van der Waals surface area contributed by atoms with Crippen molar-refractivity contribution in [3.63, 3.8) is 0 Å². The molecule has 2 atom stereocenters. The Kier molecular flexibility index (Phi) is 7.05. The molecule has 0 spiro atoms. The number of halogens is 4. The van der Waals surface area contributed by atoms with Crippen LogP contribution in [-0.2, 0) is 17.5 Å². The van der Waals surface area contributed by atoms with Crippen LogP contribution in [0.2, 0.25) is 0 Å². The summed E-state index contributed by atoms with van der Waals surface area (Å²) in [5, 5.41) is 11.1. The molecular formula is C29H28F4N4O2. The number of aromatic nitrogens is 1. The Hall–Kier alpha value is -3.95. The average Bonchev–Trinajstić information content (AvgIpc) is 3.68. The van der Waals surface area contributed by atoms with Gasteiger partial charge in [0.2, 0.25) is 0 Å². The van der Waals surface area contributed by atoms with Gasteiger partial charge in [0.1, 0.15) is 11.9 Å². The fraction of sp³-hybridized carbons (Fsp3) is 0.345. The van der Waals surface area contributed by atoms with Gasteiger partial charge in [-0.1, -0.05) is 18.2 Å². The van der Waals surface area contributed by atoms with Crippen molar-refractivity contribution in [2.45, 2.75) is 51.6 Å². The van der Waals surface area contributed by atoms with E-state index in [1.54, 1.807) is 36.1 Å². The number of nitrogens with one attached hydrogen (secondary N) is 2. The molecular weight excluding hydrogens is 512 g/mol. The lowest BCUT2D eigenvalue weighted by molar-refractivity contribution is -0.140. The monoisotopic (exact) mass is 540 g/mol. The van der Waals surface area contributed by atoms with Crippen molar-refractivity contribution in [3.8, 4) is 11.1 Å². The van der Waals surface area contributed by atoms with Crippen LogP contribution in [0.25, 0.3) is 11.1 Å². The lowest BCUT2D eigenvalue weighted by atomic mass is 9.96. The minimum atomic E-state index is -4.69. The number of carbonyl (C=O) groups excluding carboxylic acids is 1. The smallest absolute Gasteiger partial charge is 0.433 e. The fourth-order valence-corrected chi connectivity index (χ4v) is 4.98. The van der Waals surface area contributed by atoms with E-state index in [0.29, 0.717) is 17.7 Å². The summed E-state index contributed by atoms with van der Waals surface area (Å²) in [5.74, 6) is -0.587. The summed E-state index contributed by atoms with van der Waals surface area (Å²) in [6.45, 7) is 4.11. The SMILES string of the molecule is Cc1cc([C@@H](NC(=O)c2cc(CN3C[C@H](C)OC3=N)cc(-c3cccnc3C(F)(F)F)c2)C2CC2)ccc1F. The predicted octanol–water partition coefficient (Wildman–Crippen LogP) is 6.25. The maximum atomic E-state index is 13.9. The zero-order chi connectivity index (χ0) is 27.9. The Morgan fingerprint density at radius 1 is 1.21 bits per heavy atom. The highest BCUT2D eigenvalue weighted by molar-refractivity contribution is 5.96. The Balaban J connectivity index is 1.52. The number of amidine groups is 1. The van der Waals surface area contributed by atoms with E-state index >= 15 is 0 Å². The number of hydrogen-bond donors (Lipinski definition) is 2. The molecule has 6 nitrogen and oxygen atoms in total. The van der Waals surface area contributed by atoms with Crippen LogP contribution in [0, 0.1) is 24.1 Å². The largest absolute Gasteiger partial charge is 0.460 e. The molecule has 2 aliphatic rings. The third-order valence-corrected chi connectivity index (χ3v) is 7.01. The highest BCUT2D eigenvalue weighted by Crippen LogP contribution is 2.42. The molecule has 10 heteroatoms. The molecule has 2 fully saturated rings. The number of rotatable bonds is 7. The van der Waals surface area contributed by atoms with Gasteiger partial charge in [0, 0.05) is 23.9 Å². The van der Waals surface area contributed by atoms with Crippen molar-refractivity contribution in [2.75, 3.05) is 6.54 Å². The van der Waals surface area contributed by atoms with Crippen molar-refractivity contribution in [1.29, 1.82) is 5.41 Å².